The quantitative estimate of drug-likeness (QED) is 0.134. The molecule has 0 atom stereocenters. The van der Waals surface area contributed by atoms with Crippen LogP contribution in [0.1, 0.15) is 0 Å². The van der Waals surface area contributed by atoms with Crippen molar-refractivity contribution in [2.24, 2.45) is 0 Å². The van der Waals surface area contributed by atoms with E-state index in [1.165, 1.54) is 98.4 Å². The van der Waals surface area contributed by atoms with Crippen molar-refractivity contribution in [3.63, 3.8) is 0 Å². The van der Waals surface area contributed by atoms with Gasteiger partial charge in [0.15, 0.2) is 0 Å². The zero-order chi connectivity index (χ0) is 33.0. The SMILES string of the molecule is c1ccc(-c2cccc(-c3ccccc3)c2-c2c3ccccc3c(-c3cc4c5ccccc5ccc4c4ccccc34)c3ccccc23)cc1. The van der Waals surface area contributed by atoms with Crippen molar-refractivity contribution in [3.8, 4) is 44.5 Å². The standard InChI is InChI=1S/C50H32/c1-3-16-33(17-4-1)37-28-15-29-38(34-18-5-2-6-19-34)49(37)50-44-26-13-11-24-42(44)48(43-25-12-14-27-45(43)50)47-32-46-36-21-8-7-20-35(36)30-31-41(46)39-22-9-10-23-40(39)47/h1-32H. The largest absolute Gasteiger partial charge is 0.0622 e. The van der Waals surface area contributed by atoms with E-state index in [-0.39, 0.29) is 0 Å². The molecule has 232 valence electrons. The van der Waals surface area contributed by atoms with E-state index >= 15 is 0 Å². The molecule has 0 heteroatoms. The molecule has 0 unspecified atom stereocenters. The lowest BCUT2D eigenvalue weighted by molar-refractivity contribution is 1.58. The van der Waals surface area contributed by atoms with Crippen molar-refractivity contribution in [2.45, 2.75) is 0 Å². The van der Waals surface area contributed by atoms with Crippen LogP contribution in [0.3, 0.4) is 0 Å². The summed E-state index contributed by atoms with van der Waals surface area (Å²) in [6.07, 6.45) is 0. The minimum atomic E-state index is 1.21. The van der Waals surface area contributed by atoms with E-state index in [9.17, 15) is 0 Å². The third-order valence-electron chi connectivity index (χ3n) is 10.5. The maximum Gasteiger partial charge on any atom is -0.00139 e. The first-order chi connectivity index (χ1) is 24.8. The molecule has 0 aliphatic heterocycles. The highest BCUT2D eigenvalue weighted by atomic mass is 14.3. The molecule has 0 nitrogen and oxygen atoms in total. The van der Waals surface area contributed by atoms with Gasteiger partial charge in [0.1, 0.15) is 0 Å². The molecule has 50 heavy (non-hydrogen) atoms. The number of rotatable bonds is 4. The lowest BCUT2D eigenvalue weighted by Gasteiger charge is -2.23. The Hall–Kier alpha value is -6.50. The molecule has 10 aromatic rings. The predicted molar refractivity (Wildman–Crippen MR) is 216 cm³/mol. The number of fused-ring (bicyclic) bond motifs is 7. The van der Waals surface area contributed by atoms with Gasteiger partial charge in [0.2, 0.25) is 0 Å². The molecule has 0 aliphatic carbocycles. The van der Waals surface area contributed by atoms with Gasteiger partial charge in [-0.3, -0.25) is 0 Å². The molecule has 0 saturated carbocycles. The van der Waals surface area contributed by atoms with Gasteiger partial charge in [-0.1, -0.05) is 188 Å². The van der Waals surface area contributed by atoms with Gasteiger partial charge in [-0.05, 0) is 104 Å². The third kappa shape index (κ3) is 4.39. The minimum Gasteiger partial charge on any atom is -0.0622 e. The third-order valence-corrected chi connectivity index (χ3v) is 10.5. The Kier molecular flexibility index (Phi) is 6.60. The number of benzene rings is 10. The molecular weight excluding hydrogens is 601 g/mol. The lowest BCUT2D eigenvalue weighted by Crippen LogP contribution is -1.96. The molecule has 0 amide bonds. The van der Waals surface area contributed by atoms with Gasteiger partial charge >= 0.3 is 0 Å². The van der Waals surface area contributed by atoms with Gasteiger partial charge in [-0.2, -0.15) is 0 Å². The highest BCUT2D eigenvalue weighted by Crippen LogP contribution is 2.50. The van der Waals surface area contributed by atoms with Crippen LogP contribution in [0.15, 0.2) is 194 Å². The Morgan fingerprint density at radius 2 is 0.640 bits per heavy atom. The molecule has 10 rings (SSSR count). The molecule has 0 bridgehead atoms. The van der Waals surface area contributed by atoms with Gasteiger partial charge < -0.3 is 0 Å². The second-order valence-corrected chi connectivity index (χ2v) is 13.2. The Bertz CT molecular complexity index is 2780. The van der Waals surface area contributed by atoms with E-state index in [1.54, 1.807) is 0 Å². The number of hydrogen-bond acceptors (Lipinski definition) is 0. The summed E-state index contributed by atoms with van der Waals surface area (Å²) in [5.74, 6) is 0. The molecule has 0 fully saturated rings. The molecule has 0 radical (unpaired) electrons. The van der Waals surface area contributed by atoms with Crippen molar-refractivity contribution < 1.29 is 0 Å². The maximum atomic E-state index is 2.46. The molecular formula is C50H32. The first-order valence-corrected chi connectivity index (χ1v) is 17.4. The number of hydrogen-bond donors (Lipinski definition) is 0. The summed E-state index contributed by atoms with van der Waals surface area (Å²) in [7, 11) is 0. The van der Waals surface area contributed by atoms with Crippen LogP contribution >= 0.6 is 0 Å². The average molecular weight is 633 g/mol. The second kappa shape index (κ2) is 11.6. The van der Waals surface area contributed by atoms with Gasteiger partial charge in [0, 0.05) is 0 Å². The second-order valence-electron chi connectivity index (χ2n) is 13.2. The van der Waals surface area contributed by atoms with E-state index < -0.39 is 0 Å². The van der Waals surface area contributed by atoms with Crippen LogP contribution < -0.4 is 0 Å². The summed E-state index contributed by atoms with van der Waals surface area (Å²) in [4.78, 5) is 0. The highest BCUT2D eigenvalue weighted by molar-refractivity contribution is 6.28. The zero-order valence-electron chi connectivity index (χ0n) is 27.5. The van der Waals surface area contributed by atoms with Crippen molar-refractivity contribution >= 4 is 53.9 Å². The van der Waals surface area contributed by atoms with Crippen LogP contribution in [0.5, 0.6) is 0 Å². The Morgan fingerprint density at radius 1 is 0.200 bits per heavy atom. The summed E-state index contributed by atoms with van der Waals surface area (Å²) in [5, 5.41) is 12.7. The molecule has 0 saturated heterocycles. The topological polar surface area (TPSA) is 0 Å². The fourth-order valence-corrected chi connectivity index (χ4v) is 8.29. The van der Waals surface area contributed by atoms with Crippen molar-refractivity contribution in [2.75, 3.05) is 0 Å². The Labute approximate surface area is 291 Å². The molecule has 10 aromatic carbocycles. The average Bonchev–Trinajstić information content (AvgIpc) is 3.20. The van der Waals surface area contributed by atoms with Gasteiger partial charge in [-0.15, -0.1) is 0 Å². The Morgan fingerprint density at radius 3 is 1.22 bits per heavy atom. The fourth-order valence-electron chi connectivity index (χ4n) is 8.29. The van der Waals surface area contributed by atoms with Crippen LogP contribution in [0.25, 0.3) is 98.4 Å². The summed E-state index contributed by atoms with van der Waals surface area (Å²) >= 11 is 0. The van der Waals surface area contributed by atoms with Crippen molar-refractivity contribution in [1.29, 1.82) is 0 Å². The zero-order valence-corrected chi connectivity index (χ0v) is 27.5. The summed E-state index contributed by atoms with van der Waals surface area (Å²) in [5.41, 5.74) is 9.98. The first kappa shape index (κ1) is 28.5. The molecule has 0 spiro atoms. The monoisotopic (exact) mass is 632 g/mol. The van der Waals surface area contributed by atoms with Crippen LogP contribution in [0.2, 0.25) is 0 Å². The van der Waals surface area contributed by atoms with Crippen LogP contribution in [0.4, 0.5) is 0 Å². The molecule has 0 aromatic heterocycles. The van der Waals surface area contributed by atoms with Crippen LogP contribution in [-0.4, -0.2) is 0 Å². The summed E-state index contributed by atoms with van der Waals surface area (Å²) < 4.78 is 0. The van der Waals surface area contributed by atoms with E-state index in [2.05, 4.69) is 194 Å². The van der Waals surface area contributed by atoms with Gasteiger partial charge in [0.05, 0.1) is 0 Å². The Balaban J connectivity index is 1.39. The lowest BCUT2D eigenvalue weighted by atomic mass is 9.80. The highest BCUT2D eigenvalue weighted by Gasteiger charge is 2.23. The molecule has 0 N–H and O–H groups in total. The van der Waals surface area contributed by atoms with Crippen molar-refractivity contribution in [1.82, 2.24) is 0 Å². The van der Waals surface area contributed by atoms with E-state index in [4.69, 9.17) is 0 Å². The summed E-state index contributed by atoms with van der Waals surface area (Å²) in [6.45, 7) is 0. The molecule has 0 aliphatic rings. The summed E-state index contributed by atoms with van der Waals surface area (Å²) in [6, 6.07) is 71.3. The smallest absolute Gasteiger partial charge is 0.00139 e. The van der Waals surface area contributed by atoms with E-state index in [0.717, 1.165) is 0 Å². The first-order valence-electron chi connectivity index (χ1n) is 17.4. The predicted octanol–water partition coefficient (Wildman–Crippen LogP) is 14.1. The van der Waals surface area contributed by atoms with Crippen LogP contribution in [0, 0.1) is 0 Å². The maximum absolute atomic E-state index is 2.46. The normalized spacial score (nSPS) is 11.6. The van der Waals surface area contributed by atoms with Gasteiger partial charge in [-0.25, -0.2) is 0 Å². The molecule has 0 heterocycles. The van der Waals surface area contributed by atoms with E-state index in [0.29, 0.717) is 0 Å². The van der Waals surface area contributed by atoms with Crippen LogP contribution in [-0.2, 0) is 0 Å². The fraction of sp³-hybridized carbons (Fsp3) is 0. The van der Waals surface area contributed by atoms with E-state index in [1.807, 2.05) is 0 Å². The van der Waals surface area contributed by atoms with Crippen molar-refractivity contribution in [3.05, 3.63) is 194 Å². The van der Waals surface area contributed by atoms with Gasteiger partial charge in [0.25, 0.3) is 0 Å². The minimum absolute atomic E-state index is 1.21.